The Bertz CT molecular complexity index is 3860. The molecule has 36 heteroatoms. The van der Waals surface area contributed by atoms with Crippen LogP contribution >= 0.6 is 69.6 Å². The van der Waals surface area contributed by atoms with Gasteiger partial charge in [0.25, 0.3) is 40.5 Å². The van der Waals surface area contributed by atoms with Gasteiger partial charge in [-0.1, -0.05) is 23.2 Å². The lowest BCUT2D eigenvalue weighted by Crippen LogP contribution is -2.23. The molecule has 7 aromatic rings. The summed E-state index contributed by atoms with van der Waals surface area (Å²) in [5, 5.41) is 7.43. The van der Waals surface area contributed by atoms with Crippen LogP contribution in [0.15, 0.2) is 90.2 Å². The third-order valence-corrected chi connectivity index (χ3v) is 14.6. The quantitative estimate of drug-likeness (QED) is 0.0536. The molecule has 372 valence electrons. The van der Waals surface area contributed by atoms with Crippen LogP contribution in [0.5, 0.6) is 23.0 Å². The van der Waals surface area contributed by atoms with Crippen LogP contribution in [0.4, 0.5) is 57.4 Å². The summed E-state index contributed by atoms with van der Waals surface area (Å²) in [5.41, 5.74) is -2.65. The number of rotatable bonds is 12. The van der Waals surface area contributed by atoms with E-state index >= 15 is 0 Å². The lowest BCUT2D eigenvalue weighted by atomic mass is 10.1. The van der Waals surface area contributed by atoms with Crippen molar-refractivity contribution in [2.45, 2.75) is 19.6 Å². The number of benzene rings is 5. The SMILES string of the molecule is O=S(=O)(O)c1cc(Nc2nc(Cl)nc(Cl)n2)ccc1Nc1ccc2c(c1S(=O)(=O)O)Oc1c(Cl)c3c(c(Cl)c1=N2)Oc1c(ccc(Nc2ccc(Nc4nc(Cl)nc(Cl)n4)cc2S(=O)(=O)O)c1S(=O)(=O)O)N=3. The first kappa shape index (κ1) is 50.8. The molecule has 0 saturated heterocycles. The van der Waals surface area contributed by atoms with Crippen molar-refractivity contribution in [1.82, 2.24) is 29.9 Å². The van der Waals surface area contributed by atoms with Gasteiger partial charge in [0.15, 0.2) is 32.8 Å². The largest absolute Gasteiger partial charge is 0.450 e. The highest BCUT2D eigenvalue weighted by Gasteiger charge is 2.35. The molecule has 0 aliphatic carbocycles. The number of hydrogen-bond donors (Lipinski definition) is 8. The molecule has 0 atom stereocenters. The zero-order valence-electron chi connectivity index (χ0n) is 34.1. The zero-order chi connectivity index (χ0) is 52.0. The topological polar surface area (TPSA) is 386 Å². The first-order valence-corrected chi connectivity index (χ1v) is 26.7. The van der Waals surface area contributed by atoms with E-state index in [0.717, 1.165) is 48.5 Å². The maximum absolute atomic E-state index is 13.1. The van der Waals surface area contributed by atoms with Crippen molar-refractivity contribution in [3.63, 3.8) is 0 Å². The van der Waals surface area contributed by atoms with E-state index in [-0.39, 0.29) is 66.5 Å². The number of aromatic nitrogens is 6. The molecular weight excluding hydrogens is 1170 g/mol. The van der Waals surface area contributed by atoms with Gasteiger partial charge in [0, 0.05) is 11.4 Å². The lowest BCUT2D eigenvalue weighted by Gasteiger charge is -2.24. The van der Waals surface area contributed by atoms with Crippen molar-refractivity contribution >= 4 is 167 Å². The first-order valence-electron chi connectivity index (χ1n) is 18.7. The standard InChI is InChI=1S/C36H18Cl6N12O14S4/c37-21-24-28(68-26-16(48-24)6-8-18(30(26)72(64,65)66)46-14-4-2-12(10-20(14)70(58,59)60)44-36-53-33(41)50-34(42)54-36)22(38)23-27(21)67-25-15(47-23)5-7-17(29(25)71(61,62)63)45-13-3-1-11(9-19(13)69(55,56)57)43-35-51-31(39)49-32(40)52-35/h1-10,45-46H,(H,55,56,57)(H,58,59,60)(H,61,62,63)(H,64,65,66)(H,43,49,51,52)(H,44,50,53,54). The van der Waals surface area contributed by atoms with Gasteiger partial charge in [0.05, 0.1) is 22.7 Å². The van der Waals surface area contributed by atoms with E-state index in [0.29, 0.717) is 0 Å². The van der Waals surface area contributed by atoms with E-state index in [1.54, 1.807) is 0 Å². The Morgan fingerprint density at radius 2 is 0.736 bits per heavy atom. The number of nitrogens with zero attached hydrogens (tertiary/aromatic N) is 8. The Morgan fingerprint density at radius 1 is 0.403 bits per heavy atom. The van der Waals surface area contributed by atoms with Crippen molar-refractivity contribution in [2.24, 2.45) is 9.98 Å². The van der Waals surface area contributed by atoms with E-state index in [1.807, 2.05) is 0 Å². The normalized spacial score (nSPS) is 12.9. The maximum Gasteiger partial charge on any atom is 0.300 e. The molecule has 0 spiro atoms. The summed E-state index contributed by atoms with van der Waals surface area (Å²) in [7, 11) is -20.9. The molecule has 9 rings (SSSR count). The number of fused-ring (bicyclic) bond motifs is 4. The number of anilines is 8. The Hall–Kier alpha value is -6.10. The van der Waals surface area contributed by atoms with Gasteiger partial charge < -0.3 is 30.7 Å². The van der Waals surface area contributed by atoms with Gasteiger partial charge in [-0.3, -0.25) is 18.2 Å². The van der Waals surface area contributed by atoms with Crippen LogP contribution in [0.3, 0.4) is 0 Å². The van der Waals surface area contributed by atoms with Crippen molar-refractivity contribution in [1.29, 1.82) is 0 Å². The molecule has 2 aliphatic heterocycles. The fraction of sp³-hybridized carbons (Fsp3) is 0. The number of nitrogens with one attached hydrogen (secondary N) is 4. The van der Waals surface area contributed by atoms with Crippen LogP contribution in [0, 0.1) is 0 Å². The van der Waals surface area contributed by atoms with Gasteiger partial charge in [-0.15, -0.1) is 0 Å². The fourth-order valence-electron chi connectivity index (χ4n) is 6.79. The Morgan fingerprint density at radius 3 is 1.06 bits per heavy atom. The highest BCUT2D eigenvalue weighted by Crippen LogP contribution is 2.50. The van der Waals surface area contributed by atoms with Crippen molar-refractivity contribution < 1.29 is 61.4 Å². The second kappa shape index (κ2) is 18.4. The average molecular weight is 1180 g/mol. The van der Waals surface area contributed by atoms with E-state index in [1.165, 1.54) is 12.1 Å². The van der Waals surface area contributed by atoms with Gasteiger partial charge in [-0.25, -0.2) is 9.98 Å². The molecule has 2 aliphatic rings. The summed E-state index contributed by atoms with van der Waals surface area (Å²) in [6.45, 7) is 0. The van der Waals surface area contributed by atoms with Crippen molar-refractivity contribution in [3.05, 3.63) is 103 Å². The summed E-state index contributed by atoms with van der Waals surface area (Å²) >= 11 is 36.8. The monoisotopic (exact) mass is 1180 g/mol. The molecule has 72 heavy (non-hydrogen) atoms. The Labute approximate surface area is 432 Å². The smallest absolute Gasteiger partial charge is 0.300 e. The van der Waals surface area contributed by atoms with Gasteiger partial charge >= 0.3 is 0 Å². The van der Waals surface area contributed by atoms with E-state index < -0.39 is 116 Å². The molecule has 5 aromatic carbocycles. The maximum atomic E-state index is 13.1. The predicted octanol–water partition coefficient (Wildman–Crippen LogP) is 8.05. The van der Waals surface area contributed by atoms with Crippen LogP contribution in [0.2, 0.25) is 31.2 Å². The summed E-state index contributed by atoms with van der Waals surface area (Å²) in [6, 6.07) is 10.9. The second-order valence-electron chi connectivity index (χ2n) is 14.2. The van der Waals surface area contributed by atoms with E-state index in [4.69, 9.17) is 79.1 Å². The number of hydrogen-bond acceptors (Lipinski definition) is 22. The summed E-state index contributed by atoms with van der Waals surface area (Å²) in [4.78, 5) is 27.5. The zero-order valence-corrected chi connectivity index (χ0v) is 41.9. The molecule has 0 bridgehead atoms. The number of ether oxygens (including phenoxy) is 2. The van der Waals surface area contributed by atoms with Crippen LogP contribution in [-0.2, 0) is 40.5 Å². The van der Waals surface area contributed by atoms with Gasteiger partial charge in [0.1, 0.15) is 41.9 Å². The van der Waals surface area contributed by atoms with Crippen LogP contribution in [-0.4, -0.2) is 81.8 Å². The summed E-state index contributed by atoms with van der Waals surface area (Å²) < 4.78 is 156. The molecule has 2 aromatic heterocycles. The molecule has 0 amide bonds. The Kier molecular flexibility index (Phi) is 13.0. The molecule has 4 heterocycles. The lowest BCUT2D eigenvalue weighted by molar-refractivity contribution is 0.428. The minimum Gasteiger partial charge on any atom is -0.450 e. The van der Waals surface area contributed by atoms with Gasteiger partial charge in [-0.2, -0.15) is 63.6 Å². The van der Waals surface area contributed by atoms with Gasteiger partial charge in [0.2, 0.25) is 33.0 Å². The van der Waals surface area contributed by atoms with E-state index in [9.17, 15) is 51.9 Å². The predicted molar refractivity (Wildman–Crippen MR) is 256 cm³/mol. The fourth-order valence-corrected chi connectivity index (χ4v) is 10.9. The minimum atomic E-state index is -5.35. The summed E-state index contributed by atoms with van der Waals surface area (Å²) in [5.74, 6) is -2.77. The van der Waals surface area contributed by atoms with Gasteiger partial charge in [-0.05, 0) is 107 Å². The minimum absolute atomic E-state index is 0.0365. The van der Waals surface area contributed by atoms with E-state index in [2.05, 4.69) is 61.2 Å². The Balaban J connectivity index is 1.09. The average Bonchev–Trinajstić information content (AvgIpc) is 3.26. The molecule has 0 saturated carbocycles. The number of halogens is 6. The van der Waals surface area contributed by atoms with Crippen LogP contribution in [0.1, 0.15) is 0 Å². The van der Waals surface area contributed by atoms with Crippen molar-refractivity contribution in [2.75, 3.05) is 21.3 Å². The highest BCUT2D eigenvalue weighted by molar-refractivity contribution is 7.87. The third-order valence-electron chi connectivity index (χ3n) is 9.55. The third kappa shape index (κ3) is 10.1. The molecule has 0 unspecified atom stereocenters. The highest BCUT2D eigenvalue weighted by atomic mass is 35.5. The molecular formula is C36H18Cl6N12O14S4. The van der Waals surface area contributed by atoms with Crippen LogP contribution < -0.4 is 41.5 Å². The molecule has 8 N–H and O–H groups in total. The molecule has 0 radical (unpaired) electrons. The molecule has 0 fully saturated rings. The first-order chi connectivity index (χ1) is 33.6. The van der Waals surface area contributed by atoms with Crippen LogP contribution in [0.25, 0.3) is 0 Å². The second-order valence-corrected chi connectivity index (χ2v) is 21.8. The molecule has 26 nitrogen and oxygen atoms in total. The van der Waals surface area contributed by atoms with Crippen molar-refractivity contribution in [3.8, 4) is 23.0 Å². The summed E-state index contributed by atoms with van der Waals surface area (Å²) in [6.07, 6.45) is 0.